The summed E-state index contributed by atoms with van der Waals surface area (Å²) in [5.41, 5.74) is 14.8. The molecule has 4 aliphatic rings. The summed E-state index contributed by atoms with van der Waals surface area (Å²) in [5.74, 6) is 0. The average molecular weight is 342 g/mol. The summed E-state index contributed by atoms with van der Waals surface area (Å²) in [7, 11) is 0. The second-order valence-corrected chi connectivity index (χ2v) is 8.02. The van der Waals surface area contributed by atoms with Crippen LogP contribution in [-0.4, -0.2) is 0 Å². The Morgan fingerprint density at radius 3 is 2.56 bits per heavy atom. The Kier molecular flexibility index (Phi) is 2.48. The summed E-state index contributed by atoms with van der Waals surface area (Å²) in [6.07, 6.45) is 12.8. The smallest absolute Gasteiger partial charge is 0.000695 e. The molecule has 0 bridgehead atoms. The molecule has 3 aromatic rings. The molecule has 0 aromatic heterocycles. The van der Waals surface area contributed by atoms with Gasteiger partial charge in [-0.3, -0.25) is 0 Å². The van der Waals surface area contributed by atoms with E-state index in [1.165, 1.54) is 55.0 Å². The van der Waals surface area contributed by atoms with E-state index in [0.717, 1.165) is 19.3 Å². The van der Waals surface area contributed by atoms with Gasteiger partial charge >= 0.3 is 0 Å². The zero-order chi connectivity index (χ0) is 17.5. The van der Waals surface area contributed by atoms with Crippen molar-refractivity contribution in [3.05, 3.63) is 105 Å². The van der Waals surface area contributed by atoms with E-state index >= 15 is 0 Å². The van der Waals surface area contributed by atoms with Gasteiger partial charge in [0.25, 0.3) is 0 Å². The molecular formula is C27H18. The fraction of sp³-hybridized carbons (Fsp3) is 0.111. The minimum Gasteiger partial charge on any atom is -0.0801 e. The molecule has 0 aliphatic heterocycles. The third-order valence-electron chi connectivity index (χ3n) is 6.70. The number of hydrogen-bond donors (Lipinski definition) is 0. The van der Waals surface area contributed by atoms with Crippen molar-refractivity contribution in [2.45, 2.75) is 19.3 Å². The number of hydrogen-bond acceptors (Lipinski definition) is 0. The van der Waals surface area contributed by atoms with Crippen molar-refractivity contribution in [1.29, 1.82) is 0 Å². The number of benzene rings is 3. The normalized spacial score (nSPS) is 16.7. The summed E-state index contributed by atoms with van der Waals surface area (Å²) in [5, 5.41) is 2.96. The van der Waals surface area contributed by atoms with E-state index in [0.29, 0.717) is 0 Å². The van der Waals surface area contributed by atoms with E-state index in [9.17, 15) is 0 Å². The van der Waals surface area contributed by atoms with Gasteiger partial charge < -0.3 is 0 Å². The largest absolute Gasteiger partial charge is 0.0801 e. The lowest BCUT2D eigenvalue weighted by molar-refractivity contribution is 1.19. The SMILES string of the molecule is C1=CC2=c3c(c4c(c5c3=Cc3ccccc3-5)Cc3ccccc3-4)CC2=CC1. The quantitative estimate of drug-likeness (QED) is 0.384. The summed E-state index contributed by atoms with van der Waals surface area (Å²) in [6.45, 7) is 0. The molecule has 0 atom stereocenters. The van der Waals surface area contributed by atoms with Crippen LogP contribution in [0.3, 0.4) is 0 Å². The topological polar surface area (TPSA) is 0 Å². The Morgan fingerprint density at radius 2 is 1.59 bits per heavy atom. The molecule has 27 heavy (non-hydrogen) atoms. The summed E-state index contributed by atoms with van der Waals surface area (Å²) >= 11 is 0. The standard InChI is InChI=1S/C27H18/c1-4-10-19-16(7-1)13-22-25(19)23-14-17-8-3-6-12-21(17)27(23)24-15-18-9-2-5-11-20(18)26(22)24/h1-2,4-12,15H,3,13-14H2. The van der Waals surface area contributed by atoms with Crippen LogP contribution >= 0.6 is 0 Å². The summed E-state index contributed by atoms with van der Waals surface area (Å²) in [6, 6.07) is 17.9. The van der Waals surface area contributed by atoms with Crippen molar-refractivity contribution in [2.24, 2.45) is 0 Å². The van der Waals surface area contributed by atoms with Gasteiger partial charge in [0.15, 0.2) is 0 Å². The van der Waals surface area contributed by atoms with Crippen molar-refractivity contribution in [3.8, 4) is 22.3 Å². The van der Waals surface area contributed by atoms with E-state index in [1.807, 2.05) is 0 Å². The zero-order valence-corrected chi connectivity index (χ0v) is 15.0. The van der Waals surface area contributed by atoms with Gasteiger partial charge in [-0.2, -0.15) is 0 Å². The van der Waals surface area contributed by atoms with Gasteiger partial charge in [0.1, 0.15) is 0 Å². The van der Waals surface area contributed by atoms with Crippen LogP contribution in [-0.2, 0) is 12.8 Å². The number of fused-ring (bicyclic) bond motifs is 11. The Hall–Kier alpha value is -3.12. The lowest BCUT2D eigenvalue weighted by atomic mass is 9.90. The molecule has 0 saturated heterocycles. The molecule has 0 unspecified atom stereocenters. The molecule has 7 rings (SSSR count). The summed E-state index contributed by atoms with van der Waals surface area (Å²) < 4.78 is 0. The van der Waals surface area contributed by atoms with Gasteiger partial charge in [0, 0.05) is 0 Å². The third kappa shape index (κ3) is 1.64. The first-order chi connectivity index (χ1) is 13.4. The van der Waals surface area contributed by atoms with Gasteiger partial charge in [-0.1, -0.05) is 66.8 Å². The molecule has 0 heterocycles. The maximum atomic E-state index is 2.44. The van der Waals surface area contributed by atoms with Crippen LogP contribution in [0.1, 0.15) is 28.7 Å². The van der Waals surface area contributed by atoms with E-state index in [4.69, 9.17) is 0 Å². The number of rotatable bonds is 0. The first kappa shape index (κ1) is 14.0. The second kappa shape index (κ2) is 4.78. The van der Waals surface area contributed by atoms with Crippen LogP contribution in [0, 0.1) is 0 Å². The Morgan fingerprint density at radius 1 is 0.741 bits per heavy atom. The molecule has 126 valence electrons. The monoisotopic (exact) mass is 342 g/mol. The molecule has 0 heteroatoms. The minimum atomic E-state index is 1.06. The lowest BCUT2D eigenvalue weighted by Crippen LogP contribution is -2.30. The van der Waals surface area contributed by atoms with E-state index in [1.54, 1.807) is 11.1 Å². The van der Waals surface area contributed by atoms with Gasteiger partial charge in [-0.05, 0) is 91.4 Å². The average Bonchev–Trinajstić information content (AvgIpc) is 3.38. The van der Waals surface area contributed by atoms with Crippen molar-refractivity contribution in [2.75, 3.05) is 0 Å². The van der Waals surface area contributed by atoms with Crippen LogP contribution < -0.4 is 10.4 Å². The fourth-order valence-electron chi connectivity index (χ4n) is 5.65. The molecule has 0 fully saturated rings. The molecule has 0 amide bonds. The molecule has 0 spiro atoms. The molecule has 0 N–H and O–H groups in total. The van der Waals surface area contributed by atoms with Crippen LogP contribution in [0.5, 0.6) is 0 Å². The highest BCUT2D eigenvalue weighted by atomic mass is 14.4. The first-order valence-electron chi connectivity index (χ1n) is 9.87. The highest BCUT2D eigenvalue weighted by Gasteiger charge is 2.32. The lowest BCUT2D eigenvalue weighted by Gasteiger charge is -2.12. The highest BCUT2D eigenvalue weighted by molar-refractivity contribution is 5.96. The Bertz CT molecular complexity index is 1380. The highest BCUT2D eigenvalue weighted by Crippen LogP contribution is 2.45. The predicted molar refractivity (Wildman–Crippen MR) is 112 cm³/mol. The molecular weight excluding hydrogens is 324 g/mol. The maximum absolute atomic E-state index is 2.44. The first-order valence-corrected chi connectivity index (χ1v) is 9.87. The van der Waals surface area contributed by atoms with Crippen molar-refractivity contribution >= 4 is 11.6 Å². The van der Waals surface area contributed by atoms with Gasteiger partial charge in [-0.15, -0.1) is 0 Å². The van der Waals surface area contributed by atoms with Crippen molar-refractivity contribution < 1.29 is 0 Å². The second-order valence-electron chi connectivity index (χ2n) is 8.02. The van der Waals surface area contributed by atoms with Crippen molar-refractivity contribution in [3.63, 3.8) is 0 Å². The molecule has 0 radical (unpaired) electrons. The number of allylic oxidation sites excluding steroid dienone is 4. The van der Waals surface area contributed by atoms with Crippen LogP contribution in [0.4, 0.5) is 0 Å². The van der Waals surface area contributed by atoms with Crippen LogP contribution in [0.15, 0.2) is 72.3 Å². The van der Waals surface area contributed by atoms with Crippen LogP contribution in [0.25, 0.3) is 33.9 Å². The van der Waals surface area contributed by atoms with E-state index in [-0.39, 0.29) is 0 Å². The third-order valence-corrected chi connectivity index (χ3v) is 6.70. The van der Waals surface area contributed by atoms with Gasteiger partial charge in [-0.25, -0.2) is 0 Å². The Balaban J connectivity index is 1.73. The van der Waals surface area contributed by atoms with Crippen LogP contribution in [0.2, 0.25) is 0 Å². The molecule has 4 aliphatic carbocycles. The Labute approximate surface area is 158 Å². The zero-order valence-electron chi connectivity index (χ0n) is 15.0. The predicted octanol–water partition coefficient (Wildman–Crippen LogP) is 4.66. The van der Waals surface area contributed by atoms with E-state index in [2.05, 4.69) is 72.8 Å². The van der Waals surface area contributed by atoms with Gasteiger partial charge in [0.05, 0.1) is 0 Å². The molecule has 0 nitrogen and oxygen atoms in total. The summed E-state index contributed by atoms with van der Waals surface area (Å²) in [4.78, 5) is 0. The molecule has 3 aromatic carbocycles. The maximum Gasteiger partial charge on any atom is -0.000695 e. The minimum absolute atomic E-state index is 1.06. The fourth-order valence-corrected chi connectivity index (χ4v) is 5.65. The molecule has 0 saturated carbocycles. The van der Waals surface area contributed by atoms with Gasteiger partial charge in [0.2, 0.25) is 0 Å². The van der Waals surface area contributed by atoms with Crippen molar-refractivity contribution in [1.82, 2.24) is 0 Å². The van der Waals surface area contributed by atoms with E-state index < -0.39 is 0 Å².